The number of amides is 1. The van der Waals surface area contributed by atoms with Crippen molar-refractivity contribution in [3.63, 3.8) is 0 Å². The standard InChI is InChI=1S/C19H23N3OS/c23-19(22-11-6-18-16(14-22)7-12-24-18)17-3-1-2-10-21(17)13-15-4-8-20-9-5-15/h4-5,7-9,12,17H,1-3,6,10-11,13-14H2. The van der Waals surface area contributed by atoms with Crippen LogP contribution in [0.15, 0.2) is 36.0 Å². The third-order valence-electron chi connectivity index (χ3n) is 5.15. The zero-order chi connectivity index (χ0) is 16.4. The van der Waals surface area contributed by atoms with E-state index in [9.17, 15) is 4.79 Å². The second-order valence-corrected chi connectivity index (χ2v) is 7.72. The molecule has 0 aliphatic carbocycles. The molecule has 4 nitrogen and oxygen atoms in total. The molecule has 1 saturated heterocycles. The molecule has 0 bridgehead atoms. The number of hydrogen-bond acceptors (Lipinski definition) is 4. The number of rotatable bonds is 3. The van der Waals surface area contributed by atoms with E-state index in [0.29, 0.717) is 5.91 Å². The third kappa shape index (κ3) is 3.23. The second-order valence-electron chi connectivity index (χ2n) is 6.72. The van der Waals surface area contributed by atoms with E-state index in [0.717, 1.165) is 45.4 Å². The van der Waals surface area contributed by atoms with Crippen LogP contribution in [0.25, 0.3) is 0 Å². The molecule has 4 rings (SSSR count). The lowest BCUT2D eigenvalue weighted by Crippen LogP contribution is -2.51. The summed E-state index contributed by atoms with van der Waals surface area (Å²) < 4.78 is 0. The molecular formula is C19H23N3OS. The molecule has 1 atom stereocenters. The van der Waals surface area contributed by atoms with Gasteiger partial charge in [-0.15, -0.1) is 11.3 Å². The average Bonchev–Trinajstić information content (AvgIpc) is 3.10. The van der Waals surface area contributed by atoms with Gasteiger partial charge in [0.05, 0.1) is 6.04 Å². The van der Waals surface area contributed by atoms with Gasteiger partial charge in [0.15, 0.2) is 0 Å². The molecule has 2 aromatic heterocycles. The average molecular weight is 341 g/mol. The van der Waals surface area contributed by atoms with Gasteiger partial charge in [-0.05, 0) is 60.5 Å². The molecule has 0 radical (unpaired) electrons. The minimum Gasteiger partial charge on any atom is -0.337 e. The summed E-state index contributed by atoms with van der Waals surface area (Å²) in [6.45, 7) is 3.51. The fourth-order valence-electron chi connectivity index (χ4n) is 3.83. The molecule has 126 valence electrons. The van der Waals surface area contributed by atoms with Gasteiger partial charge >= 0.3 is 0 Å². The van der Waals surface area contributed by atoms with Crippen LogP contribution in [0.3, 0.4) is 0 Å². The van der Waals surface area contributed by atoms with E-state index in [1.807, 2.05) is 23.7 Å². The maximum atomic E-state index is 13.2. The Labute approximate surface area is 147 Å². The van der Waals surface area contributed by atoms with E-state index in [1.165, 1.54) is 22.4 Å². The summed E-state index contributed by atoms with van der Waals surface area (Å²) >= 11 is 1.82. The minimum atomic E-state index is 0.0344. The number of carbonyl (C=O) groups is 1. The lowest BCUT2D eigenvalue weighted by molar-refractivity contribution is -0.139. The molecule has 4 heterocycles. The molecule has 1 unspecified atom stereocenters. The number of piperidine rings is 1. The number of likely N-dealkylation sites (tertiary alicyclic amines) is 1. The molecule has 0 spiro atoms. The van der Waals surface area contributed by atoms with Crippen molar-refractivity contribution < 1.29 is 4.79 Å². The van der Waals surface area contributed by atoms with Crippen LogP contribution in [-0.2, 0) is 24.3 Å². The molecule has 0 N–H and O–H groups in total. The lowest BCUT2D eigenvalue weighted by atomic mass is 9.98. The number of fused-ring (bicyclic) bond motifs is 1. The zero-order valence-electron chi connectivity index (χ0n) is 13.9. The van der Waals surface area contributed by atoms with Gasteiger partial charge in [0.2, 0.25) is 5.91 Å². The van der Waals surface area contributed by atoms with Crippen molar-refractivity contribution >= 4 is 17.2 Å². The molecule has 2 aromatic rings. The Bertz CT molecular complexity index is 700. The molecule has 0 saturated carbocycles. The first kappa shape index (κ1) is 15.8. The van der Waals surface area contributed by atoms with Crippen LogP contribution in [-0.4, -0.2) is 39.8 Å². The predicted molar refractivity (Wildman–Crippen MR) is 95.7 cm³/mol. The highest BCUT2D eigenvalue weighted by Gasteiger charge is 2.33. The van der Waals surface area contributed by atoms with Crippen molar-refractivity contribution in [1.82, 2.24) is 14.8 Å². The Hall–Kier alpha value is -1.72. The number of thiophene rings is 1. The van der Waals surface area contributed by atoms with Gasteiger partial charge in [-0.2, -0.15) is 0 Å². The molecule has 24 heavy (non-hydrogen) atoms. The van der Waals surface area contributed by atoms with Gasteiger partial charge < -0.3 is 4.90 Å². The first-order valence-electron chi connectivity index (χ1n) is 8.78. The third-order valence-corrected chi connectivity index (χ3v) is 6.18. The number of nitrogens with zero attached hydrogens (tertiary/aromatic N) is 3. The Morgan fingerprint density at radius 3 is 2.96 bits per heavy atom. The highest BCUT2D eigenvalue weighted by atomic mass is 32.1. The van der Waals surface area contributed by atoms with Crippen molar-refractivity contribution in [1.29, 1.82) is 0 Å². The van der Waals surface area contributed by atoms with E-state index in [1.54, 1.807) is 0 Å². The van der Waals surface area contributed by atoms with Crippen molar-refractivity contribution in [2.24, 2.45) is 0 Å². The summed E-state index contributed by atoms with van der Waals surface area (Å²) in [4.78, 5) is 23.1. The largest absolute Gasteiger partial charge is 0.337 e. The zero-order valence-corrected chi connectivity index (χ0v) is 14.7. The fourth-order valence-corrected chi connectivity index (χ4v) is 4.72. The Morgan fingerprint density at radius 1 is 1.21 bits per heavy atom. The summed E-state index contributed by atoms with van der Waals surface area (Å²) in [7, 11) is 0. The van der Waals surface area contributed by atoms with E-state index in [4.69, 9.17) is 0 Å². The van der Waals surface area contributed by atoms with Crippen LogP contribution >= 0.6 is 11.3 Å². The number of hydrogen-bond donors (Lipinski definition) is 0. The van der Waals surface area contributed by atoms with Crippen LogP contribution in [0.2, 0.25) is 0 Å². The van der Waals surface area contributed by atoms with E-state index in [2.05, 4.69) is 38.4 Å². The van der Waals surface area contributed by atoms with E-state index < -0.39 is 0 Å². The maximum absolute atomic E-state index is 13.2. The highest BCUT2D eigenvalue weighted by Crippen LogP contribution is 2.27. The van der Waals surface area contributed by atoms with Crippen molar-refractivity contribution in [3.05, 3.63) is 52.0 Å². The summed E-state index contributed by atoms with van der Waals surface area (Å²) in [6, 6.07) is 6.31. The molecule has 5 heteroatoms. The normalized spacial score (nSPS) is 21.5. The van der Waals surface area contributed by atoms with Gasteiger partial charge in [-0.3, -0.25) is 14.7 Å². The monoisotopic (exact) mass is 341 g/mol. The van der Waals surface area contributed by atoms with Crippen LogP contribution in [0.5, 0.6) is 0 Å². The van der Waals surface area contributed by atoms with Gasteiger partial charge in [-0.25, -0.2) is 0 Å². The summed E-state index contributed by atoms with van der Waals surface area (Å²) in [5, 5.41) is 2.15. The highest BCUT2D eigenvalue weighted by molar-refractivity contribution is 7.10. The molecule has 2 aliphatic rings. The molecule has 1 amide bonds. The number of carbonyl (C=O) groups excluding carboxylic acids is 1. The van der Waals surface area contributed by atoms with Crippen molar-refractivity contribution in [2.75, 3.05) is 13.1 Å². The SMILES string of the molecule is O=C(C1CCCCN1Cc1ccncc1)N1CCc2sccc2C1. The first-order valence-corrected chi connectivity index (χ1v) is 9.66. The Kier molecular flexibility index (Phi) is 4.63. The maximum Gasteiger partial charge on any atom is 0.240 e. The van der Waals surface area contributed by atoms with Gasteiger partial charge in [-0.1, -0.05) is 6.42 Å². The molecule has 2 aliphatic heterocycles. The first-order chi connectivity index (χ1) is 11.8. The number of aromatic nitrogens is 1. The van der Waals surface area contributed by atoms with E-state index in [-0.39, 0.29) is 6.04 Å². The van der Waals surface area contributed by atoms with Crippen molar-refractivity contribution in [3.8, 4) is 0 Å². The lowest BCUT2D eigenvalue weighted by Gasteiger charge is -2.38. The van der Waals surface area contributed by atoms with E-state index >= 15 is 0 Å². The van der Waals surface area contributed by atoms with Crippen LogP contribution < -0.4 is 0 Å². The Morgan fingerprint density at radius 2 is 2.08 bits per heavy atom. The summed E-state index contributed by atoms with van der Waals surface area (Å²) in [6.07, 6.45) is 7.99. The van der Waals surface area contributed by atoms with Crippen molar-refractivity contribution in [2.45, 2.75) is 44.8 Å². The van der Waals surface area contributed by atoms with Crippen LogP contribution in [0.4, 0.5) is 0 Å². The quantitative estimate of drug-likeness (QED) is 0.861. The van der Waals surface area contributed by atoms with Crippen LogP contribution in [0.1, 0.15) is 35.3 Å². The summed E-state index contributed by atoms with van der Waals surface area (Å²) in [5.41, 5.74) is 2.58. The van der Waals surface area contributed by atoms with Gasteiger partial charge in [0.1, 0.15) is 0 Å². The smallest absolute Gasteiger partial charge is 0.240 e. The topological polar surface area (TPSA) is 36.4 Å². The fraction of sp³-hybridized carbons (Fsp3) is 0.474. The van der Waals surface area contributed by atoms with Gasteiger partial charge in [0.25, 0.3) is 0 Å². The molecular weight excluding hydrogens is 318 g/mol. The number of pyridine rings is 1. The summed E-state index contributed by atoms with van der Waals surface area (Å²) in [5.74, 6) is 0.320. The molecule has 1 fully saturated rings. The van der Waals surface area contributed by atoms with Gasteiger partial charge in [0, 0.05) is 36.9 Å². The predicted octanol–water partition coefficient (Wildman–Crippen LogP) is 3.08. The van der Waals surface area contributed by atoms with Crippen LogP contribution in [0, 0.1) is 0 Å². The minimum absolute atomic E-state index is 0.0344. The molecule has 0 aromatic carbocycles. The Balaban J connectivity index is 1.47. The second kappa shape index (κ2) is 7.03.